The van der Waals surface area contributed by atoms with Gasteiger partial charge in [-0.05, 0) is 64.2 Å². The van der Waals surface area contributed by atoms with Crippen molar-refractivity contribution in [3.63, 3.8) is 0 Å². The molecule has 0 spiro atoms. The number of aliphatic hydroxyl groups excluding tert-OH is 11. The summed E-state index contributed by atoms with van der Waals surface area (Å²) in [5.41, 5.74) is 0. The molecule has 19 heteroatoms. The summed E-state index contributed by atoms with van der Waals surface area (Å²) in [6, 6.07) is -0.991. The average Bonchev–Trinajstić information content (AvgIpc) is 0.787. The van der Waals surface area contributed by atoms with Crippen molar-refractivity contribution in [3.05, 3.63) is 48.6 Å². The fourth-order valence-electron chi connectivity index (χ4n) is 12.7. The maximum Gasteiger partial charge on any atom is 0.220 e. The molecule has 3 fully saturated rings. The Morgan fingerprint density at radius 3 is 1.13 bits per heavy atom. The number of nitrogens with one attached hydrogen (secondary N) is 1. The number of amides is 1. The third kappa shape index (κ3) is 37.3. The minimum atomic E-state index is -1.98. The first kappa shape index (κ1) is 86.0. The number of rotatable bonds is 59. The number of aliphatic hydroxyl groups is 11. The van der Waals surface area contributed by atoms with Crippen molar-refractivity contribution in [2.24, 2.45) is 0 Å². The Balaban J connectivity index is 1.41. The van der Waals surface area contributed by atoms with Crippen LogP contribution in [-0.2, 0) is 33.2 Å². The van der Waals surface area contributed by atoms with Crippen molar-refractivity contribution >= 4 is 5.91 Å². The van der Waals surface area contributed by atoms with E-state index in [0.29, 0.717) is 12.8 Å². The van der Waals surface area contributed by atoms with E-state index in [1.54, 1.807) is 6.08 Å². The molecule has 94 heavy (non-hydrogen) atoms. The van der Waals surface area contributed by atoms with E-state index in [2.05, 4.69) is 55.6 Å². The largest absolute Gasteiger partial charge is 0.394 e. The van der Waals surface area contributed by atoms with Gasteiger partial charge in [-0.25, -0.2) is 0 Å². The number of unbranched alkanes of at least 4 members (excludes halogenated alkanes) is 37. The van der Waals surface area contributed by atoms with Gasteiger partial charge in [0.2, 0.25) is 5.91 Å². The minimum Gasteiger partial charge on any atom is -0.394 e. The summed E-state index contributed by atoms with van der Waals surface area (Å²) >= 11 is 0. The predicted octanol–water partition coefficient (Wildman–Crippen LogP) is 11.3. The van der Waals surface area contributed by atoms with E-state index in [1.807, 2.05) is 6.08 Å². The van der Waals surface area contributed by atoms with E-state index >= 15 is 0 Å². The van der Waals surface area contributed by atoms with Gasteiger partial charge in [-0.3, -0.25) is 4.79 Å². The summed E-state index contributed by atoms with van der Waals surface area (Å²) in [7, 11) is 0. The van der Waals surface area contributed by atoms with Crippen molar-refractivity contribution in [2.45, 2.75) is 394 Å². The fraction of sp³-hybridized carbons (Fsp3) is 0.880. The van der Waals surface area contributed by atoms with Gasteiger partial charge in [0.25, 0.3) is 0 Å². The molecule has 3 aliphatic heterocycles. The summed E-state index contributed by atoms with van der Waals surface area (Å²) in [5, 5.41) is 121. The SMILES string of the molecule is CCCCCCC/C=C\C/C=C\CCCCCCCCCCCCCCCCCC(=O)NC(COC1OC(CO)C(OC2OC(CO)C(OC3OC(CO)C(O)C(O)C3O)C(O)C2O)C(O)C1O)C(O)/C=C/CC/C=C/CCCCCCCCCCCCCCCCCC. The van der Waals surface area contributed by atoms with E-state index in [-0.39, 0.29) is 18.9 Å². The van der Waals surface area contributed by atoms with Gasteiger partial charge in [-0.15, -0.1) is 0 Å². The maximum absolute atomic E-state index is 13.4. The molecule has 0 aromatic heterocycles. The van der Waals surface area contributed by atoms with Gasteiger partial charge in [0.1, 0.15) is 73.2 Å². The lowest BCUT2D eigenvalue weighted by atomic mass is 9.96. The number of allylic oxidation sites excluding steroid dienone is 7. The van der Waals surface area contributed by atoms with Crippen molar-refractivity contribution in [1.29, 1.82) is 0 Å². The highest BCUT2D eigenvalue weighted by Gasteiger charge is 2.53. The van der Waals surface area contributed by atoms with Gasteiger partial charge in [0.05, 0.1) is 38.6 Å². The molecular weight excluding hydrogens is 1200 g/mol. The molecule has 3 heterocycles. The highest BCUT2D eigenvalue weighted by Crippen LogP contribution is 2.33. The lowest BCUT2D eigenvalue weighted by molar-refractivity contribution is -0.379. The molecular formula is C75H137NO18. The molecule has 17 unspecified atom stereocenters. The number of carbonyl (C=O) groups is 1. The first-order valence-electron chi connectivity index (χ1n) is 37.9. The molecule has 12 N–H and O–H groups in total. The molecule has 3 saturated heterocycles. The topological polar surface area (TPSA) is 307 Å². The molecule has 0 saturated carbocycles. The third-order valence-corrected chi connectivity index (χ3v) is 18.8. The number of hydrogen-bond acceptors (Lipinski definition) is 18. The number of hydrogen-bond donors (Lipinski definition) is 12. The van der Waals surface area contributed by atoms with Gasteiger partial charge < -0.3 is 89.9 Å². The Bertz CT molecular complexity index is 1890. The van der Waals surface area contributed by atoms with E-state index in [9.17, 15) is 61.0 Å². The van der Waals surface area contributed by atoms with Crippen molar-refractivity contribution in [1.82, 2.24) is 5.32 Å². The van der Waals surface area contributed by atoms with Gasteiger partial charge in [0.15, 0.2) is 18.9 Å². The lowest BCUT2D eigenvalue weighted by Gasteiger charge is -2.48. The van der Waals surface area contributed by atoms with Crippen LogP contribution in [0.4, 0.5) is 0 Å². The van der Waals surface area contributed by atoms with Crippen molar-refractivity contribution in [2.75, 3.05) is 26.4 Å². The zero-order valence-electron chi connectivity index (χ0n) is 58.4. The Labute approximate surface area is 567 Å². The normalized spacial score (nSPS) is 27.6. The molecule has 0 aliphatic carbocycles. The van der Waals surface area contributed by atoms with Crippen LogP contribution in [0.25, 0.3) is 0 Å². The van der Waals surface area contributed by atoms with Crippen LogP contribution in [0.2, 0.25) is 0 Å². The second-order valence-corrected chi connectivity index (χ2v) is 27.1. The average molecular weight is 1340 g/mol. The van der Waals surface area contributed by atoms with Crippen LogP contribution < -0.4 is 5.32 Å². The van der Waals surface area contributed by atoms with Crippen LogP contribution in [0.1, 0.15) is 290 Å². The van der Waals surface area contributed by atoms with E-state index in [1.165, 1.54) is 212 Å². The van der Waals surface area contributed by atoms with Crippen LogP contribution in [0, 0.1) is 0 Å². The third-order valence-electron chi connectivity index (χ3n) is 18.8. The van der Waals surface area contributed by atoms with Gasteiger partial charge in [-0.1, -0.05) is 268 Å². The molecule has 0 aromatic rings. The molecule has 0 radical (unpaired) electrons. The maximum atomic E-state index is 13.4. The molecule has 19 nitrogen and oxygen atoms in total. The monoisotopic (exact) mass is 1340 g/mol. The highest BCUT2D eigenvalue weighted by molar-refractivity contribution is 5.76. The summed E-state index contributed by atoms with van der Waals surface area (Å²) in [6.45, 7) is 1.74. The van der Waals surface area contributed by atoms with E-state index in [4.69, 9.17) is 28.4 Å². The molecule has 17 atom stereocenters. The summed E-state index contributed by atoms with van der Waals surface area (Å²) in [6.07, 6.45) is 42.3. The predicted molar refractivity (Wildman–Crippen MR) is 369 cm³/mol. The summed E-state index contributed by atoms with van der Waals surface area (Å²) in [4.78, 5) is 13.4. The zero-order valence-corrected chi connectivity index (χ0v) is 58.4. The minimum absolute atomic E-state index is 0.236. The molecule has 1 amide bonds. The summed E-state index contributed by atoms with van der Waals surface area (Å²) < 4.78 is 34.4. The zero-order chi connectivity index (χ0) is 68.2. The molecule has 550 valence electrons. The second-order valence-electron chi connectivity index (χ2n) is 27.1. The summed E-state index contributed by atoms with van der Waals surface area (Å²) in [5.74, 6) is -0.283. The Morgan fingerprint density at radius 1 is 0.383 bits per heavy atom. The molecule has 3 aliphatic rings. The van der Waals surface area contributed by atoms with Crippen molar-refractivity contribution < 1.29 is 89.4 Å². The van der Waals surface area contributed by atoms with Crippen LogP contribution in [0.3, 0.4) is 0 Å². The van der Waals surface area contributed by atoms with Crippen molar-refractivity contribution in [3.8, 4) is 0 Å². The van der Waals surface area contributed by atoms with Gasteiger partial charge in [-0.2, -0.15) is 0 Å². The first-order valence-corrected chi connectivity index (χ1v) is 37.9. The highest BCUT2D eigenvalue weighted by atomic mass is 16.8. The van der Waals surface area contributed by atoms with Crippen LogP contribution in [-0.4, -0.2) is 193 Å². The Hall–Kier alpha value is -2.25. The first-order chi connectivity index (χ1) is 45.8. The van der Waals surface area contributed by atoms with Gasteiger partial charge >= 0.3 is 0 Å². The fourth-order valence-corrected chi connectivity index (χ4v) is 12.7. The lowest BCUT2D eigenvalue weighted by Crippen LogP contribution is -2.66. The second kappa shape index (κ2) is 56.5. The number of ether oxygens (including phenoxy) is 6. The Kier molecular flexibility index (Phi) is 51.7. The standard InChI is InChI=1S/C75H137NO18/c1-3-5-7-9-11-13-15-17-19-21-23-25-27-28-29-30-31-33-35-37-39-41-43-45-47-49-51-53-63(81)76-58(59(80)52-50-48-46-44-42-40-38-36-34-32-26-24-22-20-18-16-14-12-10-8-6-4-2)57-89-73-69(87)66(84)71(61(55-78)91-73)94-75-70(88)67(85)72(62(56-79)92-75)93-74-68(86)65(83)64(82)60(54-77)90-74/h15,17,21,23,42,44,50,52,58-62,64-75,77-80,82-88H,3-14,16,18-20,22,24-41,43,45-49,51,53-57H2,1-2H3,(H,76,81)/b17-15-,23-21-,44-42+,52-50+. The van der Waals surface area contributed by atoms with E-state index in [0.717, 1.165) is 44.9 Å². The molecule has 3 rings (SSSR count). The molecule has 0 aromatic carbocycles. The van der Waals surface area contributed by atoms with Gasteiger partial charge in [0, 0.05) is 6.42 Å². The van der Waals surface area contributed by atoms with Crippen LogP contribution >= 0.6 is 0 Å². The number of carbonyl (C=O) groups excluding carboxylic acids is 1. The van der Waals surface area contributed by atoms with E-state index < -0.39 is 124 Å². The Morgan fingerprint density at radius 2 is 0.713 bits per heavy atom. The van der Waals surface area contributed by atoms with Crippen LogP contribution in [0.15, 0.2) is 48.6 Å². The quantitative estimate of drug-likeness (QED) is 0.0199. The van der Waals surface area contributed by atoms with Crippen LogP contribution in [0.5, 0.6) is 0 Å². The smallest absolute Gasteiger partial charge is 0.220 e. The molecule has 0 bridgehead atoms.